The molecular weight excluding hydrogens is 468 g/mol. The molecule has 3 aromatic rings. The second kappa shape index (κ2) is 9.59. The molecule has 1 aromatic heterocycles. The van der Waals surface area contributed by atoms with Gasteiger partial charge in [-0.05, 0) is 60.7 Å². The van der Waals surface area contributed by atoms with Crippen LogP contribution in [0.4, 0.5) is 4.79 Å². The van der Waals surface area contributed by atoms with Gasteiger partial charge in [-0.2, -0.15) is 0 Å². The van der Waals surface area contributed by atoms with Crippen molar-refractivity contribution in [3.8, 4) is 0 Å². The molecule has 8 nitrogen and oxygen atoms in total. The van der Waals surface area contributed by atoms with Crippen LogP contribution in [-0.2, 0) is 15.1 Å². The van der Waals surface area contributed by atoms with E-state index in [0.717, 1.165) is 23.6 Å². The van der Waals surface area contributed by atoms with Gasteiger partial charge < -0.3 is 15.0 Å². The summed E-state index contributed by atoms with van der Waals surface area (Å²) in [5.41, 5.74) is -0.0400. The zero-order chi connectivity index (χ0) is 25.4. The monoisotopic (exact) mass is 498 g/mol. The number of likely N-dealkylation sites (tertiary alicyclic amines) is 1. The number of piperidine rings is 1. The number of ether oxygens (including phenoxy) is 1. The summed E-state index contributed by atoms with van der Waals surface area (Å²) in [6, 6.07) is 18.8. The van der Waals surface area contributed by atoms with Crippen LogP contribution in [0.5, 0.6) is 0 Å². The summed E-state index contributed by atoms with van der Waals surface area (Å²) in [4.78, 5) is 48.1. The maximum Gasteiger partial charge on any atom is 0.325 e. The molecule has 8 heteroatoms. The molecule has 3 saturated heterocycles. The first-order valence-electron chi connectivity index (χ1n) is 13.0. The topological polar surface area (TPSA) is 91.8 Å². The van der Waals surface area contributed by atoms with Gasteiger partial charge in [0, 0.05) is 37.4 Å². The normalized spacial score (nSPS) is 24.6. The van der Waals surface area contributed by atoms with Gasteiger partial charge in [-0.1, -0.05) is 36.4 Å². The van der Waals surface area contributed by atoms with E-state index in [4.69, 9.17) is 4.74 Å². The van der Waals surface area contributed by atoms with Gasteiger partial charge in [-0.25, -0.2) is 4.79 Å². The van der Waals surface area contributed by atoms with Gasteiger partial charge in [0.2, 0.25) is 0 Å². The number of hydrogen-bond acceptors (Lipinski definition) is 5. The molecule has 6 rings (SSSR count). The lowest BCUT2D eigenvalue weighted by Crippen LogP contribution is -2.54. The van der Waals surface area contributed by atoms with E-state index in [2.05, 4.69) is 10.3 Å². The predicted octanol–water partition coefficient (Wildman–Crippen LogP) is 3.71. The van der Waals surface area contributed by atoms with E-state index in [1.165, 1.54) is 4.90 Å². The summed E-state index contributed by atoms with van der Waals surface area (Å²) >= 11 is 0. The van der Waals surface area contributed by atoms with E-state index in [-0.39, 0.29) is 30.4 Å². The largest absolute Gasteiger partial charge is 0.376 e. The Kier molecular flexibility index (Phi) is 6.12. The van der Waals surface area contributed by atoms with Crippen LogP contribution in [0.15, 0.2) is 66.9 Å². The highest BCUT2D eigenvalue weighted by Gasteiger charge is 2.58. The average molecular weight is 499 g/mol. The summed E-state index contributed by atoms with van der Waals surface area (Å²) < 4.78 is 5.71. The van der Waals surface area contributed by atoms with Crippen LogP contribution in [0.25, 0.3) is 10.8 Å². The third-order valence-corrected chi connectivity index (χ3v) is 8.00. The van der Waals surface area contributed by atoms with Crippen molar-refractivity contribution >= 4 is 28.6 Å². The highest BCUT2D eigenvalue weighted by atomic mass is 16.5. The number of hydrogen-bond donors (Lipinski definition) is 1. The first-order chi connectivity index (χ1) is 18.1. The number of nitrogens with one attached hydrogen (secondary N) is 1. The lowest BCUT2D eigenvalue weighted by atomic mass is 9.75. The lowest BCUT2D eigenvalue weighted by molar-refractivity contribution is -0.135. The lowest BCUT2D eigenvalue weighted by Gasteiger charge is -2.40. The van der Waals surface area contributed by atoms with Crippen molar-refractivity contribution in [3.05, 3.63) is 78.1 Å². The van der Waals surface area contributed by atoms with Crippen molar-refractivity contribution in [2.24, 2.45) is 5.92 Å². The molecule has 190 valence electrons. The van der Waals surface area contributed by atoms with Gasteiger partial charge in [-0.15, -0.1) is 0 Å². The van der Waals surface area contributed by atoms with Crippen molar-refractivity contribution < 1.29 is 19.1 Å². The molecule has 4 heterocycles. The van der Waals surface area contributed by atoms with Gasteiger partial charge in [0.05, 0.1) is 18.3 Å². The number of carbonyl (C=O) groups excluding carboxylic acids is 3. The van der Waals surface area contributed by atoms with E-state index in [0.29, 0.717) is 43.8 Å². The van der Waals surface area contributed by atoms with Crippen LogP contribution in [0.2, 0.25) is 0 Å². The summed E-state index contributed by atoms with van der Waals surface area (Å²) in [5.74, 6) is -0.474. The van der Waals surface area contributed by atoms with Crippen molar-refractivity contribution in [3.63, 3.8) is 0 Å². The van der Waals surface area contributed by atoms with Crippen molar-refractivity contribution in [2.75, 3.05) is 26.2 Å². The zero-order valence-corrected chi connectivity index (χ0v) is 20.6. The average Bonchev–Trinajstić information content (AvgIpc) is 3.56. The second-order valence-corrected chi connectivity index (χ2v) is 10.1. The quantitative estimate of drug-likeness (QED) is 0.542. The fraction of sp³-hybridized carbons (Fsp3) is 0.379. The minimum absolute atomic E-state index is 0.0159. The van der Waals surface area contributed by atoms with Crippen LogP contribution >= 0.6 is 0 Å². The molecule has 0 saturated carbocycles. The van der Waals surface area contributed by atoms with Crippen molar-refractivity contribution in [1.82, 2.24) is 20.1 Å². The Morgan fingerprint density at radius 1 is 1.00 bits per heavy atom. The minimum Gasteiger partial charge on any atom is -0.376 e. The number of carbonyl (C=O) groups is 3. The second-order valence-electron chi connectivity index (χ2n) is 10.1. The maximum atomic E-state index is 14.0. The number of imide groups is 1. The molecule has 3 aliphatic heterocycles. The SMILES string of the molecule is O=C(c1ccc2ccccc2c1)N1CCC([C@@]2(c3ccccn3)NC(=O)N(C[C@H]3CCCO3)C2=O)CC1. The predicted molar refractivity (Wildman–Crippen MR) is 138 cm³/mol. The molecule has 2 aromatic carbocycles. The molecule has 0 unspecified atom stereocenters. The number of rotatable bonds is 5. The molecular formula is C29H30N4O4. The number of aromatic nitrogens is 1. The third-order valence-electron chi connectivity index (χ3n) is 8.00. The van der Waals surface area contributed by atoms with E-state index >= 15 is 0 Å². The molecule has 37 heavy (non-hydrogen) atoms. The summed E-state index contributed by atoms with van der Waals surface area (Å²) in [6.45, 7) is 1.90. The first-order valence-corrected chi connectivity index (χ1v) is 13.0. The Bertz CT molecular complexity index is 1330. The van der Waals surface area contributed by atoms with Gasteiger partial charge in [-0.3, -0.25) is 19.5 Å². The summed E-state index contributed by atoms with van der Waals surface area (Å²) in [6.07, 6.45) is 4.45. The molecule has 3 aliphatic rings. The maximum absolute atomic E-state index is 14.0. The molecule has 1 N–H and O–H groups in total. The number of pyridine rings is 1. The van der Waals surface area contributed by atoms with Crippen molar-refractivity contribution in [1.29, 1.82) is 0 Å². The van der Waals surface area contributed by atoms with Crippen LogP contribution in [0.3, 0.4) is 0 Å². The van der Waals surface area contributed by atoms with Crippen LogP contribution < -0.4 is 5.32 Å². The minimum atomic E-state index is -1.24. The number of benzene rings is 2. The number of urea groups is 1. The smallest absolute Gasteiger partial charge is 0.325 e. The van der Waals surface area contributed by atoms with E-state index in [1.54, 1.807) is 18.3 Å². The summed E-state index contributed by atoms with van der Waals surface area (Å²) in [7, 11) is 0. The van der Waals surface area contributed by atoms with Crippen molar-refractivity contribution in [2.45, 2.75) is 37.3 Å². The summed E-state index contributed by atoms with van der Waals surface area (Å²) in [5, 5.41) is 5.16. The molecule has 3 fully saturated rings. The zero-order valence-electron chi connectivity index (χ0n) is 20.6. The number of amides is 4. The Hall–Kier alpha value is -3.78. The Balaban J connectivity index is 1.23. The molecule has 4 amide bonds. The Morgan fingerprint density at radius 2 is 1.78 bits per heavy atom. The number of nitrogens with zero attached hydrogens (tertiary/aromatic N) is 3. The van der Waals surface area contributed by atoms with E-state index in [1.807, 2.05) is 53.4 Å². The fourth-order valence-electron chi connectivity index (χ4n) is 6.03. The van der Waals surface area contributed by atoms with Gasteiger partial charge in [0.25, 0.3) is 11.8 Å². The van der Waals surface area contributed by atoms with Gasteiger partial charge in [0.1, 0.15) is 0 Å². The first kappa shape index (κ1) is 23.6. The fourth-order valence-corrected chi connectivity index (χ4v) is 6.03. The molecule has 0 bridgehead atoms. The van der Waals surface area contributed by atoms with Gasteiger partial charge >= 0.3 is 6.03 Å². The molecule has 0 radical (unpaired) electrons. The Morgan fingerprint density at radius 3 is 2.51 bits per heavy atom. The van der Waals surface area contributed by atoms with Crippen LogP contribution in [0, 0.1) is 5.92 Å². The standard InChI is InChI=1S/C29H30N4O4/c34-26(22-11-10-20-6-1-2-7-21(20)18-22)32-15-12-23(13-16-32)29(25-9-3-4-14-30-25)27(35)33(28(36)31-29)19-24-8-5-17-37-24/h1-4,6-7,9-11,14,18,23-24H,5,8,12-13,15-17,19H2,(H,31,36)/t24-,29+/m1/s1. The molecule has 2 atom stereocenters. The molecule has 0 aliphatic carbocycles. The Labute approximate surface area is 215 Å². The van der Waals surface area contributed by atoms with Crippen LogP contribution in [-0.4, -0.2) is 65.0 Å². The van der Waals surface area contributed by atoms with E-state index in [9.17, 15) is 14.4 Å². The highest BCUT2D eigenvalue weighted by Crippen LogP contribution is 2.41. The highest BCUT2D eigenvalue weighted by molar-refractivity contribution is 6.07. The van der Waals surface area contributed by atoms with E-state index < -0.39 is 11.6 Å². The molecule has 0 spiro atoms. The van der Waals surface area contributed by atoms with Crippen LogP contribution in [0.1, 0.15) is 41.7 Å². The number of fused-ring (bicyclic) bond motifs is 1. The third kappa shape index (κ3) is 4.15. The van der Waals surface area contributed by atoms with Gasteiger partial charge in [0.15, 0.2) is 5.54 Å².